The number of nitrogens with zero attached hydrogens (tertiary/aromatic N) is 1. The summed E-state index contributed by atoms with van der Waals surface area (Å²) in [5, 5.41) is 0. The zero-order chi connectivity index (χ0) is 7.40. The lowest BCUT2D eigenvalue weighted by molar-refractivity contribution is 0.325. The first kappa shape index (κ1) is 6.99. The summed E-state index contributed by atoms with van der Waals surface area (Å²) in [6, 6.07) is 3.72. The van der Waals surface area contributed by atoms with Crippen LogP contribution in [0.2, 0.25) is 0 Å². The van der Waals surface area contributed by atoms with E-state index >= 15 is 0 Å². The molecule has 0 aromatic carbocycles. The van der Waals surface area contributed by atoms with Crippen LogP contribution in [-0.2, 0) is 0 Å². The van der Waals surface area contributed by atoms with Crippen molar-refractivity contribution < 1.29 is 9.13 Å². The fourth-order valence-electron chi connectivity index (χ4n) is 0.541. The maximum absolute atomic E-state index is 12.2. The molecule has 1 heterocycles. The van der Waals surface area contributed by atoms with Gasteiger partial charge in [-0.2, -0.15) is 0 Å². The van der Waals surface area contributed by atoms with Gasteiger partial charge in [-0.05, 0) is 13.0 Å². The molecule has 0 saturated carbocycles. The highest BCUT2D eigenvalue weighted by Crippen LogP contribution is 2.03. The molecule has 0 atom stereocenters. The van der Waals surface area contributed by atoms with Gasteiger partial charge in [0.25, 0.3) is 0 Å². The fraction of sp³-hybridized carbons (Fsp3) is 0.286. The van der Waals surface area contributed by atoms with Crippen molar-refractivity contribution in [3.63, 3.8) is 0 Å². The zero-order valence-corrected chi connectivity index (χ0v) is 5.60. The second kappa shape index (κ2) is 3.15. The van der Waals surface area contributed by atoms with Crippen molar-refractivity contribution in [3.05, 3.63) is 24.1 Å². The van der Waals surface area contributed by atoms with Crippen molar-refractivity contribution in [2.24, 2.45) is 0 Å². The van der Waals surface area contributed by atoms with Crippen LogP contribution < -0.4 is 4.74 Å². The third-order valence-electron chi connectivity index (χ3n) is 0.920. The molecule has 0 saturated heterocycles. The van der Waals surface area contributed by atoms with Gasteiger partial charge in [0, 0.05) is 0 Å². The van der Waals surface area contributed by atoms with Crippen molar-refractivity contribution in [1.82, 2.24) is 4.98 Å². The van der Waals surface area contributed by atoms with E-state index in [4.69, 9.17) is 4.74 Å². The molecule has 0 amide bonds. The third kappa shape index (κ3) is 1.69. The maximum Gasteiger partial charge on any atom is 0.221 e. The number of hydrogen-bond donors (Lipinski definition) is 0. The average Bonchev–Trinajstić information content (AvgIpc) is 1.95. The van der Waals surface area contributed by atoms with E-state index in [9.17, 15) is 4.39 Å². The molecule has 0 aliphatic carbocycles. The summed E-state index contributed by atoms with van der Waals surface area (Å²) in [6.07, 6.45) is 1.10. The summed E-state index contributed by atoms with van der Waals surface area (Å²) in [5.41, 5.74) is 0. The molecule has 0 N–H and O–H groups in total. The van der Waals surface area contributed by atoms with Gasteiger partial charge >= 0.3 is 0 Å². The molecule has 0 bridgehead atoms. The van der Waals surface area contributed by atoms with Crippen LogP contribution in [0.15, 0.2) is 12.3 Å². The molecule has 0 unspecified atom stereocenters. The van der Waals surface area contributed by atoms with Crippen molar-refractivity contribution in [3.8, 4) is 5.88 Å². The summed E-state index contributed by atoms with van der Waals surface area (Å²) < 4.78 is 17.1. The number of hydrogen-bond acceptors (Lipinski definition) is 2. The quantitative estimate of drug-likeness (QED) is 0.619. The van der Waals surface area contributed by atoms with Gasteiger partial charge in [0.05, 0.1) is 18.9 Å². The standard InChI is InChI=1S/C7H7FNO/c1-2-10-7-4-3-6(8)5-9-7/h3,5H,2H2,1H3. The fourth-order valence-corrected chi connectivity index (χ4v) is 0.541. The Hall–Kier alpha value is -1.12. The summed E-state index contributed by atoms with van der Waals surface area (Å²) in [4.78, 5) is 3.62. The predicted molar refractivity (Wildman–Crippen MR) is 34.2 cm³/mol. The molecule has 2 nitrogen and oxygen atoms in total. The molecule has 10 heavy (non-hydrogen) atoms. The van der Waals surface area contributed by atoms with Gasteiger partial charge in [0.15, 0.2) is 0 Å². The van der Waals surface area contributed by atoms with E-state index in [0.29, 0.717) is 12.5 Å². The third-order valence-corrected chi connectivity index (χ3v) is 0.920. The Labute approximate surface area is 58.7 Å². The van der Waals surface area contributed by atoms with Crippen molar-refractivity contribution >= 4 is 0 Å². The molecule has 1 rings (SSSR count). The average molecular weight is 140 g/mol. The number of halogens is 1. The second-order valence-electron chi connectivity index (χ2n) is 1.67. The Morgan fingerprint density at radius 1 is 1.80 bits per heavy atom. The first-order valence-electron chi connectivity index (χ1n) is 2.99. The summed E-state index contributed by atoms with van der Waals surface area (Å²) in [7, 11) is 0. The van der Waals surface area contributed by atoms with Crippen LogP contribution in [0.3, 0.4) is 0 Å². The SMILES string of the molecule is CCOc1[c]cc(F)cn1. The van der Waals surface area contributed by atoms with Gasteiger partial charge in [-0.1, -0.05) is 0 Å². The number of pyridine rings is 1. The molecule has 0 aliphatic heterocycles. The lowest BCUT2D eigenvalue weighted by Gasteiger charge is -1.97. The van der Waals surface area contributed by atoms with E-state index in [-0.39, 0.29) is 0 Å². The molecule has 1 radical (unpaired) electrons. The Bertz CT molecular complexity index is 197. The second-order valence-corrected chi connectivity index (χ2v) is 1.67. The van der Waals surface area contributed by atoms with Crippen LogP contribution in [0.5, 0.6) is 5.88 Å². The molecule has 1 aromatic rings. The highest BCUT2D eigenvalue weighted by molar-refractivity contribution is 5.08. The van der Waals surface area contributed by atoms with Crippen LogP contribution in [-0.4, -0.2) is 11.6 Å². The lowest BCUT2D eigenvalue weighted by Crippen LogP contribution is -1.93. The first-order chi connectivity index (χ1) is 4.83. The molecule has 0 fully saturated rings. The van der Waals surface area contributed by atoms with Crippen molar-refractivity contribution in [2.45, 2.75) is 6.92 Å². The number of rotatable bonds is 2. The Balaban J connectivity index is 2.69. The molecular weight excluding hydrogens is 133 g/mol. The zero-order valence-electron chi connectivity index (χ0n) is 5.60. The van der Waals surface area contributed by atoms with E-state index in [1.54, 1.807) is 0 Å². The van der Waals surface area contributed by atoms with E-state index in [1.165, 1.54) is 6.07 Å². The summed E-state index contributed by atoms with van der Waals surface area (Å²) >= 11 is 0. The topological polar surface area (TPSA) is 22.1 Å². The highest BCUT2D eigenvalue weighted by atomic mass is 19.1. The maximum atomic E-state index is 12.2. The smallest absolute Gasteiger partial charge is 0.221 e. The van der Waals surface area contributed by atoms with Gasteiger partial charge < -0.3 is 4.74 Å². The van der Waals surface area contributed by atoms with E-state index in [2.05, 4.69) is 11.1 Å². The first-order valence-corrected chi connectivity index (χ1v) is 2.99. The molecular formula is C7H7FNO. The van der Waals surface area contributed by atoms with Gasteiger partial charge in [0.1, 0.15) is 5.82 Å². The summed E-state index contributed by atoms with van der Waals surface area (Å²) in [5.74, 6) is -0.0626. The van der Waals surface area contributed by atoms with Crippen LogP contribution >= 0.6 is 0 Å². The minimum Gasteiger partial charge on any atom is -0.478 e. The predicted octanol–water partition coefficient (Wildman–Crippen LogP) is 1.42. The van der Waals surface area contributed by atoms with Crippen molar-refractivity contribution in [2.75, 3.05) is 6.61 Å². The number of aromatic nitrogens is 1. The molecule has 1 aromatic heterocycles. The van der Waals surface area contributed by atoms with Crippen LogP contribution in [0.4, 0.5) is 4.39 Å². The van der Waals surface area contributed by atoms with Gasteiger partial charge in [-0.3, -0.25) is 0 Å². The molecule has 3 heteroatoms. The minimum absolute atomic E-state index is 0.337. The van der Waals surface area contributed by atoms with Crippen LogP contribution in [0, 0.1) is 11.9 Å². The lowest BCUT2D eigenvalue weighted by atomic mass is 10.5. The van der Waals surface area contributed by atoms with E-state index in [0.717, 1.165) is 6.20 Å². The van der Waals surface area contributed by atoms with Gasteiger partial charge in [-0.25, -0.2) is 9.37 Å². The van der Waals surface area contributed by atoms with E-state index in [1.807, 2.05) is 6.92 Å². The normalized spacial score (nSPS) is 9.40. The van der Waals surface area contributed by atoms with Crippen LogP contribution in [0.25, 0.3) is 0 Å². The number of ether oxygens (including phenoxy) is 1. The molecule has 53 valence electrons. The minimum atomic E-state index is -0.400. The molecule has 0 aliphatic rings. The Morgan fingerprint density at radius 2 is 2.60 bits per heavy atom. The van der Waals surface area contributed by atoms with Gasteiger partial charge in [-0.15, -0.1) is 0 Å². The molecule has 0 spiro atoms. The van der Waals surface area contributed by atoms with E-state index < -0.39 is 5.82 Å². The van der Waals surface area contributed by atoms with Crippen molar-refractivity contribution in [1.29, 1.82) is 0 Å². The monoisotopic (exact) mass is 140 g/mol. The highest BCUT2D eigenvalue weighted by Gasteiger charge is 1.92. The Kier molecular flexibility index (Phi) is 2.20. The van der Waals surface area contributed by atoms with Gasteiger partial charge in [0.2, 0.25) is 5.88 Å². The Morgan fingerprint density at radius 3 is 3.10 bits per heavy atom. The van der Waals surface area contributed by atoms with Crippen LogP contribution in [0.1, 0.15) is 6.92 Å². The largest absolute Gasteiger partial charge is 0.478 e. The summed E-state index contributed by atoms with van der Waals surface area (Å²) in [6.45, 7) is 2.36.